The molecular formula is C26H34O6. The minimum atomic E-state index is -0.835. The summed E-state index contributed by atoms with van der Waals surface area (Å²) in [6.07, 6.45) is 7.03. The Balaban J connectivity index is 1.53. The third-order valence-electron chi connectivity index (χ3n) is 10.7. The van der Waals surface area contributed by atoms with Gasteiger partial charge in [0.2, 0.25) is 0 Å². The first-order valence-corrected chi connectivity index (χ1v) is 11.9. The molecule has 174 valence electrons. The Hall–Kier alpha value is -1.63. The van der Waals surface area contributed by atoms with Crippen LogP contribution in [0, 0.1) is 33.5 Å². The van der Waals surface area contributed by atoms with Gasteiger partial charge in [-0.05, 0) is 42.6 Å². The number of furan rings is 1. The second-order valence-corrected chi connectivity index (χ2v) is 12.2. The predicted octanol–water partition coefficient (Wildman–Crippen LogP) is 3.78. The molecule has 1 spiro atoms. The van der Waals surface area contributed by atoms with Gasteiger partial charge in [-0.15, -0.1) is 0 Å². The molecule has 3 heterocycles. The van der Waals surface area contributed by atoms with Crippen molar-refractivity contribution in [3.05, 3.63) is 36.3 Å². The number of fused-ring (bicyclic) bond motifs is 3. The van der Waals surface area contributed by atoms with E-state index in [1.807, 2.05) is 12.1 Å². The second kappa shape index (κ2) is 5.89. The van der Waals surface area contributed by atoms with Crippen molar-refractivity contribution in [2.75, 3.05) is 0 Å². The molecule has 0 aromatic carbocycles. The normalized spacial score (nSPS) is 55.2. The van der Waals surface area contributed by atoms with Gasteiger partial charge in [0.05, 0.1) is 24.7 Å². The van der Waals surface area contributed by atoms with Gasteiger partial charge in [0, 0.05) is 21.8 Å². The van der Waals surface area contributed by atoms with Gasteiger partial charge >= 0.3 is 5.97 Å². The number of epoxide rings is 1. The van der Waals surface area contributed by atoms with E-state index < -0.39 is 46.3 Å². The van der Waals surface area contributed by atoms with E-state index in [2.05, 4.69) is 40.7 Å². The number of rotatable bonds is 1. The van der Waals surface area contributed by atoms with Gasteiger partial charge in [-0.3, -0.25) is 0 Å². The van der Waals surface area contributed by atoms with Crippen molar-refractivity contribution < 1.29 is 28.9 Å². The van der Waals surface area contributed by atoms with E-state index in [1.165, 1.54) is 0 Å². The maximum absolute atomic E-state index is 13.1. The van der Waals surface area contributed by atoms with E-state index in [0.717, 1.165) is 18.4 Å². The number of carbonyl (C=O) groups excluding carboxylic acids is 1. The molecular weight excluding hydrogens is 408 g/mol. The molecule has 2 saturated heterocycles. The molecule has 10 atom stereocenters. The fraction of sp³-hybridized carbons (Fsp3) is 0.731. The van der Waals surface area contributed by atoms with Crippen LogP contribution in [0.5, 0.6) is 0 Å². The third kappa shape index (κ3) is 2.03. The van der Waals surface area contributed by atoms with Crippen LogP contribution in [-0.4, -0.2) is 40.1 Å². The number of carbonyl (C=O) groups is 1. The predicted molar refractivity (Wildman–Crippen MR) is 115 cm³/mol. The van der Waals surface area contributed by atoms with Crippen LogP contribution in [0.4, 0.5) is 0 Å². The molecule has 1 aromatic rings. The van der Waals surface area contributed by atoms with E-state index in [-0.39, 0.29) is 23.2 Å². The summed E-state index contributed by atoms with van der Waals surface area (Å²) in [4.78, 5) is 13.1. The van der Waals surface area contributed by atoms with Crippen LogP contribution in [-0.2, 0) is 14.3 Å². The summed E-state index contributed by atoms with van der Waals surface area (Å²) in [6, 6.07) is 1.85. The lowest BCUT2D eigenvalue weighted by atomic mass is 9.35. The zero-order valence-electron chi connectivity index (χ0n) is 19.5. The van der Waals surface area contributed by atoms with Crippen molar-refractivity contribution in [2.45, 2.75) is 83.9 Å². The van der Waals surface area contributed by atoms with Crippen LogP contribution in [0.25, 0.3) is 0 Å². The summed E-state index contributed by atoms with van der Waals surface area (Å²) in [5.41, 5.74) is -1.77. The maximum atomic E-state index is 13.1. The van der Waals surface area contributed by atoms with E-state index in [9.17, 15) is 15.0 Å². The average molecular weight is 443 g/mol. The number of aliphatic hydroxyl groups excluding tert-OH is 2. The van der Waals surface area contributed by atoms with Crippen molar-refractivity contribution in [1.82, 2.24) is 0 Å². The maximum Gasteiger partial charge on any atom is 0.339 e. The Labute approximate surface area is 189 Å². The summed E-state index contributed by atoms with van der Waals surface area (Å²) in [6.45, 7) is 10.8. The molecule has 3 aliphatic carbocycles. The summed E-state index contributed by atoms with van der Waals surface area (Å²) < 4.78 is 17.7. The lowest BCUT2D eigenvalue weighted by molar-refractivity contribution is -0.267. The SMILES string of the molecule is CC1(C)C=CC(O)C2(C)C1CC(O)C1(C)C2CCC2(C)C(c3ccoc3)OC(=O)C3OC321. The fourth-order valence-corrected chi connectivity index (χ4v) is 9.09. The molecule has 2 N–H and O–H groups in total. The number of hydrogen-bond acceptors (Lipinski definition) is 6. The number of aliphatic hydroxyl groups is 2. The van der Waals surface area contributed by atoms with Crippen LogP contribution in [0.15, 0.2) is 35.2 Å². The standard InChI is InChI=1S/C26H34O6/c1-22(2)9-7-17(27)24(4)15-6-10-23(3)19(14-8-11-30-13-14)31-21(29)20-26(23,32-20)25(15,5)18(28)12-16(22)24/h7-9,11,13,15-20,27-28H,6,10,12H2,1-5H3. The number of ether oxygens (including phenoxy) is 2. The van der Waals surface area contributed by atoms with E-state index >= 15 is 0 Å². The summed E-state index contributed by atoms with van der Waals surface area (Å²) in [5, 5.41) is 23.2. The molecule has 5 aliphatic rings. The van der Waals surface area contributed by atoms with Crippen molar-refractivity contribution in [3.8, 4) is 0 Å². The molecule has 32 heavy (non-hydrogen) atoms. The molecule has 10 unspecified atom stereocenters. The highest BCUT2D eigenvalue weighted by Gasteiger charge is 2.88. The fourth-order valence-electron chi connectivity index (χ4n) is 9.09. The minimum Gasteiger partial charge on any atom is -0.472 e. The van der Waals surface area contributed by atoms with Gasteiger partial charge in [-0.25, -0.2) is 4.79 Å². The molecule has 2 saturated carbocycles. The van der Waals surface area contributed by atoms with Crippen molar-refractivity contribution in [1.29, 1.82) is 0 Å². The van der Waals surface area contributed by atoms with Crippen LogP contribution in [0.2, 0.25) is 0 Å². The first-order valence-electron chi connectivity index (χ1n) is 11.9. The van der Waals surface area contributed by atoms with Crippen LogP contribution >= 0.6 is 0 Å². The molecule has 0 amide bonds. The van der Waals surface area contributed by atoms with Gasteiger partial charge in [0.1, 0.15) is 11.7 Å². The topological polar surface area (TPSA) is 92.4 Å². The minimum absolute atomic E-state index is 0.00282. The zero-order chi connectivity index (χ0) is 22.9. The Morgan fingerprint density at radius 1 is 1.06 bits per heavy atom. The van der Waals surface area contributed by atoms with Crippen LogP contribution in [0.1, 0.15) is 65.5 Å². The van der Waals surface area contributed by atoms with Crippen molar-refractivity contribution in [3.63, 3.8) is 0 Å². The summed E-state index contributed by atoms with van der Waals surface area (Å²) in [7, 11) is 0. The highest BCUT2D eigenvalue weighted by Crippen LogP contribution is 2.79. The van der Waals surface area contributed by atoms with Gasteiger partial charge in [0.25, 0.3) is 0 Å². The van der Waals surface area contributed by atoms with Crippen LogP contribution in [0.3, 0.4) is 0 Å². The highest BCUT2D eigenvalue weighted by molar-refractivity contribution is 5.82. The molecule has 4 fully saturated rings. The Morgan fingerprint density at radius 2 is 1.81 bits per heavy atom. The number of allylic oxidation sites excluding steroid dienone is 1. The monoisotopic (exact) mass is 442 g/mol. The average Bonchev–Trinajstić information content (AvgIpc) is 3.30. The Kier molecular flexibility index (Phi) is 3.85. The Morgan fingerprint density at radius 3 is 2.50 bits per heavy atom. The summed E-state index contributed by atoms with van der Waals surface area (Å²) in [5.74, 6) is -0.238. The third-order valence-corrected chi connectivity index (χ3v) is 10.7. The van der Waals surface area contributed by atoms with E-state index in [4.69, 9.17) is 13.9 Å². The van der Waals surface area contributed by atoms with Gasteiger partial charge in [0.15, 0.2) is 6.10 Å². The van der Waals surface area contributed by atoms with Crippen molar-refractivity contribution >= 4 is 5.97 Å². The molecule has 6 nitrogen and oxygen atoms in total. The molecule has 1 aromatic heterocycles. The van der Waals surface area contributed by atoms with Crippen LogP contribution < -0.4 is 0 Å². The molecule has 2 aliphatic heterocycles. The quantitative estimate of drug-likeness (QED) is 0.391. The second-order valence-electron chi connectivity index (χ2n) is 12.2. The summed E-state index contributed by atoms with van der Waals surface area (Å²) >= 11 is 0. The van der Waals surface area contributed by atoms with Gasteiger partial charge < -0.3 is 24.1 Å². The molecule has 6 rings (SSSR count). The lowest BCUT2D eigenvalue weighted by Gasteiger charge is -2.69. The zero-order valence-corrected chi connectivity index (χ0v) is 19.5. The van der Waals surface area contributed by atoms with Crippen molar-refractivity contribution in [2.24, 2.45) is 33.5 Å². The lowest BCUT2D eigenvalue weighted by Crippen LogP contribution is -2.73. The number of esters is 1. The van der Waals surface area contributed by atoms with E-state index in [0.29, 0.717) is 6.42 Å². The first kappa shape index (κ1) is 20.9. The molecule has 6 heteroatoms. The van der Waals surface area contributed by atoms with Gasteiger partial charge in [-0.2, -0.15) is 0 Å². The highest BCUT2D eigenvalue weighted by atomic mass is 16.7. The number of cyclic esters (lactones) is 1. The smallest absolute Gasteiger partial charge is 0.339 e. The molecule has 0 radical (unpaired) electrons. The molecule has 0 bridgehead atoms. The first-order chi connectivity index (χ1) is 14.9. The number of hydrogen-bond donors (Lipinski definition) is 2. The van der Waals surface area contributed by atoms with Gasteiger partial charge in [-0.1, -0.05) is 46.8 Å². The largest absolute Gasteiger partial charge is 0.472 e. The Bertz CT molecular complexity index is 998. The van der Waals surface area contributed by atoms with E-state index in [1.54, 1.807) is 12.5 Å².